The molecule has 0 aliphatic carbocycles. The molecule has 0 spiro atoms. The first-order valence-corrected chi connectivity index (χ1v) is 9.88. The van der Waals surface area contributed by atoms with Crippen molar-refractivity contribution in [1.29, 1.82) is 0 Å². The van der Waals surface area contributed by atoms with Crippen molar-refractivity contribution in [2.24, 2.45) is 0 Å². The zero-order valence-electron chi connectivity index (χ0n) is 16.8. The van der Waals surface area contributed by atoms with Crippen molar-refractivity contribution in [2.45, 2.75) is 6.92 Å². The van der Waals surface area contributed by atoms with E-state index in [2.05, 4.69) is 31.0 Å². The van der Waals surface area contributed by atoms with Crippen molar-refractivity contribution >= 4 is 33.9 Å². The number of H-pyrrole nitrogens is 2. The van der Waals surface area contributed by atoms with Gasteiger partial charge in [0.2, 0.25) is 0 Å². The molecule has 0 fully saturated rings. The van der Waals surface area contributed by atoms with Gasteiger partial charge in [-0.2, -0.15) is 10.2 Å². The predicted octanol–water partition coefficient (Wildman–Crippen LogP) is 5.26. The molecule has 0 saturated carbocycles. The Morgan fingerprint density at radius 2 is 1.77 bits per heavy atom. The highest BCUT2D eigenvalue weighted by Crippen LogP contribution is 2.29. The molecule has 0 bridgehead atoms. The lowest BCUT2D eigenvalue weighted by molar-refractivity contribution is 0.102. The Balaban J connectivity index is 1.34. The first-order chi connectivity index (χ1) is 15.2. The Hall–Kier alpha value is -4.39. The highest BCUT2D eigenvalue weighted by Gasteiger charge is 2.10. The second kappa shape index (κ2) is 7.79. The molecule has 1 amide bonds. The SMILES string of the molecule is Cc1cccc(C(=O)Nc2cccc(Nc3ccc4c(-c5cn[nH]c5)n[nH]c4c3)c2)c1. The number of hydrogen-bond donors (Lipinski definition) is 4. The topological polar surface area (TPSA) is 98.5 Å². The lowest BCUT2D eigenvalue weighted by atomic mass is 10.1. The molecule has 0 unspecified atom stereocenters. The van der Waals surface area contributed by atoms with Gasteiger partial charge in [0.25, 0.3) is 5.91 Å². The minimum Gasteiger partial charge on any atom is -0.355 e. The van der Waals surface area contributed by atoms with E-state index in [1.807, 2.05) is 79.9 Å². The zero-order chi connectivity index (χ0) is 21.2. The average Bonchev–Trinajstić information content (AvgIpc) is 3.43. The van der Waals surface area contributed by atoms with Crippen molar-refractivity contribution in [3.05, 3.63) is 90.3 Å². The normalized spacial score (nSPS) is 10.9. The van der Waals surface area contributed by atoms with Gasteiger partial charge in [0.15, 0.2) is 0 Å². The minimum absolute atomic E-state index is 0.133. The van der Waals surface area contributed by atoms with E-state index in [0.717, 1.165) is 44.8 Å². The van der Waals surface area contributed by atoms with Gasteiger partial charge in [-0.1, -0.05) is 23.8 Å². The van der Waals surface area contributed by atoms with Crippen LogP contribution >= 0.6 is 0 Å². The highest BCUT2D eigenvalue weighted by atomic mass is 16.1. The number of aromatic nitrogens is 4. The molecule has 7 heteroatoms. The van der Waals surface area contributed by atoms with Crippen LogP contribution in [0.25, 0.3) is 22.2 Å². The summed E-state index contributed by atoms with van der Waals surface area (Å²) < 4.78 is 0. The summed E-state index contributed by atoms with van der Waals surface area (Å²) in [5, 5.41) is 21.6. The third-order valence-corrected chi connectivity index (χ3v) is 5.02. The molecule has 2 heterocycles. The predicted molar refractivity (Wildman–Crippen MR) is 123 cm³/mol. The fourth-order valence-corrected chi connectivity index (χ4v) is 3.53. The average molecular weight is 408 g/mol. The van der Waals surface area contributed by atoms with E-state index in [0.29, 0.717) is 5.56 Å². The Morgan fingerprint density at radius 3 is 2.61 bits per heavy atom. The van der Waals surface area contributed by atoms with Crippen LogP contribution < -0.4 is 10.6 Å². The number of hydrogen-bond acceptors (Lipinski definition) is 4. The van der Waals surface area contributed by atoms with Gasteiger partial charge in [-0.3, -0.25) is 15.0 Å². The summed E-state index contributed by atoms with van der Waals surface area (Å²) in [6.07, 6.45) is 3.57. The van der Waals surface area contributed by atoms with Crippen LogP contribution in [0.3, 0.4) is 0 Å². The summed E-state index contributed by atoms with van der Waals surface area (Å²) in [6, 6.07) is 21.2. The van der Waals surface area contributed by atoms with Crippen LogP contribution in [0.2, 0.25) is 0 Å². The van der Waals surface area contributed by atoms with Gasteiger partial charge >= 0.3 is 0 Å². The maximum Gasteiger partial charge on any atom is 0.255 e. The number of aromatic amines is 2. The molecule has 7 nitrogen and oxygen atoms in total. The fraction of sp³-hybridized carbons (Fsp3) is 0.0417. The molecule has 4 N–H and O–H groups in total. The number of aryl methyl sites for hydroxylation is 1. The van der Waals surface area contributed by atoms with Crippen LogP contribution in [0.5, 0.6) is 0 Å². The summed E-state index contributed by atoms with van der Waals surface area (Å²) in [5.74, 6) is -0.133. The Kier molecular flexibility index (Phi) is 4.68. The fourth-order valence-electron chi connectivity index (χ4n) is 3.53. The lowest BCUT2D eigenvalue weighted by Gasteiger charge is -2.10. The van der Waals surface area contributed by atoms with Gasteiger partial charge in [0, 0.05) is 39.8 Å². The monoisotopic (exact) mass is 408 g/mol. The van der Waals surface area contributed by atoms with E-state index < -0.39 is 0 Å². The molecule has 0 saturated heterocycles. The van der Waals surface area contributed by atoms with Crippen LogP contribution in [0.4, 0.5) is 17.1 Å². The number of carbonyl (C=O) groups excluding carboxylic acids is 1. The molecule has 152 valence electrons. The van der Waals surface area contributed by atoms with E-state index in [9.17, 15) is 4.79 Å². The van der Waals surface area contributed by atoms with Crippen molar-refractivity contribution in [3.63, 3.8) is 0 Å². The molecule has 3 aromatic carbocycles. The maximum absolute atomic E-state index is 12.5. The van der Waals surface area contributed by atoms with Crippen molar-refractivity contribution < 1.29 is 4.79 Å². The third-order valence-electron chi connectivity index (χ3n) is 5.02. The van der Waals surface area contributed by atoms with E-state index in [-0.39, 0.29) is 5.91 Å². The molecule has 0 aliphatic heterocycles. The van der Waals surface area contributed by atoms with Gasteiger partial charge in [0.05, 0.1) is 11.7 Å². The number of benzene rings is 3. The molecular weight excluding hydrogens is 388 g/mol. The number of carbonyl (C=O) groups is 1. The first-order valence-electron chi connectivity index (χ1n) is 9.88. The smallest absolute Gasteiger partial charge is 0.255 e. The van der Waals surface area contributed by atoms with E-state index in [1.54, 1.807) is 6.20 Å². The molecule has 0 aliphatic rings. The van der Waals surface area contributed by atoms with Gasteiger partial charge in [-0.25, -0.2) is 0 Å². The second-order valence-electron chi connectivity index (χ2n) is 7.35. The van der Waals surface area contributed by atoms with Crippen LogP contribution in [0.1, 0.15) is 15.9 Å². The number of fused-ring (bicyclic) bond motifs is 1. The van der Waals surface area contributed by atoms with Crippen LogP contribution in [0.15, 0.2) is 79.1 Å². The summed E-state index contributed by atoms with van der Waals surface area (Å²) in [6.45, 7) is 1.97. The number of nitrogens with one attached hydrogen (secondary N) is 4. The van der Waals surface area contributed by atoms with E-state index in [1.165, 1.54) is 0 Å². The molecule has 0 atom stereocenters. The largest absolute Gasteiger partial charge is 0.355 e. The van der Waals surface area contributed by atoms with Crippen molar-refractivity contribution in [1.82, 2.24) is 20.4 Å². The molecule has 2 aromatic heterocycles. The number of nitrogens with zero attached hydrogens (tertiary/aromatic N) is 2. The molecule has 5 rings (SSSR count). The van der Waals surface area contributed by atoms with Gasteiger partial charge in [-0.05, 0) is 55.5 Å². The molecule has 5 aromatic rings. The zero-order valence-corrected chi connectivity index (χ0v) is 16.8. The summed E-state index contributed by atoms with van der Waals surface area (Å²) >= 11 is 0. The number of rotatable bonds is 5. The number of anilines is 3. The number of amides is 1. The maximum atomic E-state index is 12.5. The second-order valence-corrected chi connectivity index (χ2v) is 7.35. The van der Waals surface area contributed by atoms with E-state index >= 15 is 0 Å². The summed E-state index contributed by atoms with van der Waals surface area (Å²) in [7, 11) is 0. The first kappa shape index (κ1) is 18.6. The van der Waals surface area contributed by atoms with Gasteiger partial charge in [-0.15, -0.1) is 0 Å². The van der Waals surface area contributed by atoms with Gasteiger partial charge < -0.3 is 10.6 Å². The van der Waals surface area contributed by atoms with Crippen LogP contribution in [-0.2, 0) is 0 Å². The molecular formula is C24H20N6O. The van der Waals surface area contributed by atoms with Crippen LogP contribution in [0, 0.1) is 6.92 Å². The van der Waals surface area contributed by atoms with Crippen molar-refractivity contribution in [2.75, 3.05) is 10.6 Å². The standard InChI is InChI=1S/C24H20N6O/c1-15-4-2-5-16(10-15)24(31)28-19-7-3-6-18(11-19)27-20-8-9-21-22(12-20)29-30-23(21)17-13-25-26-14-17/h2-14,27H,1H3,(H,25,26)(H,28,31)(H,29,30). The van der Waals surface area contributed by atoms with Crippen molar-refractivity contribution in [3.8, 4) is 11.3 Å². The lowest BCUT2D eigenvalue weighted by Crippen LogP contribution is -2.12. The third kappa shape index (κ3) is 3.89. The van der Waals surface area contributed by atoms with Crippen LogP contribution in [-0.4, -0.2) is 26.3 Å². The minimum atomic E-state index is -0.133. The quantitative estimate of drug-likeness (QED) is 0.319. The Morgan fingerprint density at radius 1 is 0.935 bits per heavy atom. The van der Waals surface area contributed by atoms with E-state index in [4.69, 9.17) is 0 Å². The summed E-state index contributed by atoms with van der Waals surface area (Å²) in [5.41, 5.74) is 6.91. The highest BCUT2D eigenvalue weighted by molar-refractivity contribution is 6.04. The molecule has 31 heavy (non-hydrogen) atoms. The Labute approximate surface area is 178 Å². The molecule has 0 radical (unpaired) electrons. The Bertz CT molecular complexity index is 1370. The summed E-state index contributed by atoms with van der Waals surface area (Å²) in [4.78, 5) is 12.5. The van der Waals surface area contributed by atoms with Gasteiger partial charge in [0.1, 0.15) is 5.69 Å².